The molecular formula is C7H12N4O. The number of hydrogen-bond acceptors (Lipinski definition) is 5. The van der Waals surface area contributed by atoms with Gasteiger partial charge in [-0.3, -0.25) is 0 Å². The molecule has 1 aromatic heterocycles. The molecule has 0 saturated carbocycles. The van der Waals surface area contributed by atoms with Crippen LogP contribution in [0.25, 0.3) is 0 Å². The topological polar surface area (TPSA) is 84.1 Å². The number of aliphatic hydroxyl groups is 1. The summed E-state index contributed by atoms with van der Waals surface area (Å²) in [5.74, 6) is 0.562. The average molecular weight is 168 g/mol. The highest BCUT2D eigenvalue weighted by molar-refractivity contribution is 5.59. The van der Waals surface area contributed by atoms with E-state index in [0.29, 0.717) is 11.5 Å². The van der Waals surface area contributed by atoms with Crippen LogP contribution in [-0.2, 0) is 0 Å². The van der Waals surface area contributed by atoms with Gasteiger partial charge in [0.15, 0.2) is 5.82 Å². The van der Waals surface area contributed by atoms with Crippen molar-refractivity contribution >= 4 is 11.5 Å². The lowest BCUT2D eigenvalue weighted by atomic mass is 10.3. The van der Waals surface area contributed by atoms with Crippen molar-refractivity contribution in [1.82, 2.24) is 9.97 Å². The molecule has 1 unspecified atom stereocenters. The number of aliphatic hydroxyl groups excluding tert-OH is 1. The van der Waals surface area contributed by atoms with Gasteiger partial charge in [0.25, 0.3) is 0 Å². The summed E-state index contributed by atoms with van der Waals surface area (Å²) in [6.07, 6.45) is 2.92. The molecule has 0 amide bonds. The molecule has 0 radical (unpaired) electrons. The minimum atomic E-state index is -0.0535. The van der Waals surface area contributed by atoms with E-state index in [0.717, 1.165) is 0 Å². The SMILES string of the molecule is CC(CO)Nc1ncncc1N. The first-order chi connectivity index (χ1) is 5.74. The van der Waals surface area contributed by atoms with Crippen LogP contribution in [0.4, 0.5) is 11.5 Å². The van der Waals surface area contributed by atoms with Crippen molar-refractivity contribution in [3.05, 3.63) is 12.5 Å². The van der Waals surface area contributed by atoms with Gasteiger partial charge in [-0.05, 0) is 6.92 Å². The second-order valence-electron chi connectivity index (χ2n) is 2.55. The van der Waals surface area contributed by atoms with Gasteiger partial charge in [0.1, 0.15) is 6.33 Å². The highest BCUT2D eigenvalue weighted by Gasteiger charge is 2.03. The van der Waals surface area contributed by atoms with E-state index in [1.165, 1.54) is 12.5 Å². The normalized spacial score (nSPS) is 12.5. The summed E-state index contributed by atoms with van der Waals surface area (Å²) in [6, 6.07) is -0.0535. The van der Waals surface area contributed by atoms with Gasteiger partial charge < -0.3 is 16.2 Å². The van der Waals surface area contributed by atoms with Crippen molar-refractivity contribution in [1.29, 1.82) is 0 Å². The number of nitrogens with zero attached hydrogens (tertiary/aromatic N) is 2. The van der Waals surface area contributed by atoms with Gasteiger partial charge in [0.05, 0.1) is 18.5 Å². The first-order valence-corrected chi connectivity index (χ1v) is 3.67. The predicted molar refractivity (Wildman–Crippen MR) is 46.6 cm³/mol. The van der Waals surface area contributed by atoms with E-state index >= 15 is 0 Å². The summed E-state index contributed by atoms with van der Waals surface area (Å²) in [7, 11) is 0. The van der Waals surface area contributed by atoms with Gasteiger partial charge in [-0.15, -0.1) is 0 Å². The maximum Gasteiger partial charge on any atom is 0.152 e. The number of anilines is 2. The average Bonchev–Trinajstić information content (AvgIpc) is 2.09. The maximum absolute atomic E-state index is 8.74. The summed E-state index contributed by atoms with van der Waals surface area (Å²) >= 11 is 0. The fourth-order valence-corrected chi connectivity index (χ4v) is 0.740. The maximum atomic E-state index is 8.74. The zero-order chi connectivity index (χ0) is 8.97. The molecule has 5 heteroatoms. The molecule has 1 atom stereocenters. The van der Waals surface area contributed by atoms with Crippen LogP contribution in [0.15, 0.2) is 12.5 Å². The van der Waals surface area contributed by atoms with Crippen LogP contribution in [0.5, 0.6) is 0 Å². The third-order valence-corrected chi connectivity index (χ3v) is 1.40. The molecule has 1 heterocycles. The van der Waals surface area contributed by atoms with Crippen LogP contribution in [0, 0.1) is 0 Å². The first-order valence-electron chi connectivity index (χ1n) is 3.67. The minimum Gasteiger partial charge on any atom is -0.394 e. The summed E-state index contributed by atoms with van der Waals surface area (Å²) in [6.45, 7) is 1.88. The molecule has 5 nitrogen and oxygen atoms in total. The Balaban J connectivity index is 2.69. The molecule has 0 aliphatic carbocycles. The first kappa shape index (κ1) is 8.73. The Bertz CT molecular complexity index is 253. The Labute approximate surface area is 70.6 Å². The number of nitrogen functional groups attached to an aromatic ring is 1. The highest BCUT2D eigenvalue weighted by Crippen LogP contribution is 2.11. The standard InChI is InChI=1S/C7H12N4O/c1-5(3-12)11-7-6(8)2-9-4-10-7/h2,4-5,12H,3,8H2,1H3,(H,9,10,11). The Morgan fingerprint density at radius 2 is 2.50 bits per heavy atom. The Hall–Kier alpha value is -1.36. The molecule has 0 saturated heterocycles. The summed E-state index contributed by atoms with van der Waals surface area (Å²) < 4.78 is 0. The van der Waals surface area contributed by atoms with Crippen LogP contribution in [0.2, 0.25) is 0 Å². The van der Waals surface area contributed by atoms with Crippen molar-refractivity contribution in [2.75, 3.05) is 17.7 Å². The third-order valence-electron chi connectivity index (χ3n) is 1.40. The highest BCUT2D eigenvalue weighted by atomic mass is 16.3. The van der Waals surface area contributed by atoms with Crippen LogP contribution < -0.4 is 11.1 Å². The smallest absolute Gasteiger partial charge is 0.152 e. The fourth-order valence-electron chi connectivity index (χ4n) is 0.740. The molecule has 0 aliphatic heterocycles. The van der Waals surface area contributed by atoms with Gasteiger partial charge >= 0.3 is 0 Å². The van der Waals surface area contributed by atoms with Crippen molar-refractivity contribution in [3.8, 4) is 0 Å². The second-order valence-corrected chi connectivity index (χ2v) is 2.55. The number of nitrogens with one attached hydrogen (secondary N) is 1. The van der Waals surface area contributed by atoms with Crippen molar-refractivity contribution in [2.45, 2.75) is 13.0 Å². The summed E-state index contributed by atoms with van der Waals surface area (Å²) in [5.41, 5.74) is 6.04. The van der Waals surface area contributed by atoms with Gasteiger partial charge in [0.2, 0.25) is 0 Å². The van der Waals surface area contributed by atoms with E-state index in [2.05, 4.69) is 15.3 Å². The minimum absolute atomic E-state index is 0.0451. The molecule has 0 spiro atoms. The Morgan fingerprint density at radius 1 is 1.75 bits per heavy atom. The predicted octanol–water partition coefficient (Wildman–Crippen LogP) is -0.149. The number of rotatable bonds is 3. The molecule has 1 rings (SSSR count). The van der Waals surface area contributed by atoms with Gasteiger partial charge in [0, 0.05) is 6.04 Å². The largest absolute Gasteiger partial charge is 0.394 e. The number of hydrogen-bond donors (Lipinski definition) is 3. The molecule has 0 bridgehead atoms. The van der Waals surface area contributed by atoms with E-state index in [9.17, 15) is 0 Å². The van der Waals surface area contributed by atoms with Crippen LogP contribution in [-0.4, -0.2) is 27.7 Å². The molecule has 0 aromatic carbocycles. The molecule has 66 valence electrons. The molecule has 1 aromatic rings. The van der Waals surface area contributed by atoms with Crippen LogP contribution in [0.1, 0.15) is 6.92 Å². The molecule has 0 fully saturated rings. The van der Waals surface area contributed by atoms with Crippen molar-refractivity contribution in [3.63, 3.8) is 0 Å². The monoisotopic (exact) mass is 168 g/mol. The second kappa shape index (κ2) is 3.87. The zero-order valence-electron chi connectivity index (χ0n) is 6.86. The fraction of sp³-hybridized carbons (Fsp3) is 0.429. The lowest BCUT2D eigenvalue weighted by Crippen LogP contribution is -2.20. The van der Waals surface area contributed by atoms with E-state index in [-0.39, 0.29) is 12.6 Å². The van der Waals surface area contributed by atoms with E-state index in [4.69, 9.17) is 10.8 Å². The lowest BCUT2D eigenvalue weighted by molar-refractivity contribution is 0.281. The van der Waals surface area contributed by atoms with Gasteiger partial charge in [-0.25, -0.2) is 9.97 Å². The van der Waals surface area contributed by atoms with Crippen molar-refractivity contribution < 1.29 is 5.11 Å². The Morgan fingerprint density at radius 3 is 3.08 bits per heavy atom. The lowest BCUT2D eigenvalue weighted by Gasteiger charge is -2.11. The van der Waals surface area contributed by atoms with Crippen molar-refractivity contribution in [2.24, 2.45) is 0 Å². The summed E-state index contributed by atoms with van der Waals surface area (Å²) in [4.78, 5) is 7.65. The van der Waals surface area contributed by atoms with Gasteiger partial charge in [-0.2, -0.15) is 0 Å². The van der Waals surface area contributed by atoms with Crippen LogP contribution >= 0.6 is 0 Å². The molecular weight excluding hydrogens is 156 g/mol. The van der Waals surface area contributed by atoms with E-state index in [1.54, 1.807) is 0 Å². The summed E-state index contributed by atoms with van der Waals surface area (Å²) in [5, 5.41) is 11.7. The van der Waals surface area contributed by atoms with Gasteiger partial charge in [-0.1, -0.05) is 0 Å². The zero-order valence-corrected chi connectivity index (χ0v) is 6.86. The molecule has 12 heavy (non-hydrogen) atoms. The van der Waals surface area contributed by atoms with Crippen LogP contribution in [0.3, 0.4) is 0 Å². The third kappa shape index (κ3) is 2.06. The quantitative estimate of drug-likeness (QED) is 0.584. The van der Waals surface area contributed by atoms with E-state index in [1.807, 2.05) is 6.92 Å². The number of aromatic nitrogens is 2. The molecule has 4 N–H and O–H groups in total. The number of nitrogens with two attached hydrogens (primary N) is 1. The Kier molecular flexibility index (Phi) is 2.82. The van der Waals surface area contributed by atoms with E-state index < -0.39 is 0 Å². The molecule has 0 aliphatic rings.